The van der Waals surface area contributed by atoms with Crippen LogP contribution in [0.25, 0.3) is 0 Å². The average molecular weight is 345 g/mol. The van der Waals surface area contributed by atoms with E-state index in [1.54, 1.807) is 17.3 Å². The van der Waals surface area contributed by atoms with Crippen molar-refractivity contribution in [1.82, 2.24) is 14.8 Å². The number of rotatable bonds is 3. The zero-order valence-corrected chi connectivity index (χ0v) is 14.4. The molecule has 134 valence electrons. The van der Waals surface area contributed by atoms with Crippen LogP contribution in [0.15, 0.2) is 24.5 Å². The third-order valence-electron chi connectivity index (χ3n) is 6.09. The smallest absolute Gasteiger partial charge is 0.260 e. The third-order valence-corrected chi connectivity index (χ3v) is 6.09. The summed E-state index contributed by atoms with van der Waals surface area (Å²) in [6.07, 6.45) is 7.24. The lowest BCUT2D eigenvalue weighted by molar-refractivity contribution is -0.156. The van der Waals surface area contributed by atoms with Gasteiger partial charge < -0.3 is 9.80 Å². The van der Waals surface area contributed by atoms with E-state index in [1.807, 2.05) is 17.0 Å². The van der Waals surface area contributed by atoms with E-state index in [-0.39, 0.29) is 5.91 Å². The molecule has 3 fully saturated rings. The number of hydrogen-bond acceptors (Lipinski definition) is 3. The van der Waals surface area contributed by atoms with Crippen molar-refractivity contribution in [2.75, 3.05) is 19.6 Å². The number of carbonyl (C=O) groups is 2. The summed E-state index contributed by atoms with van der Waals surface area (Å²) in [4.78, 5) is 33.2. The van der Waals surface area contributed by atoms with Gasteiger partial charge in [0.05, 0.1) is 5.41 Å². The zero-order valence-electron chi connectivity index (χ0n) is 14.4. The fraction of sp³-hybridized carbons (Fsp3) is 0.632. The molecule has 2 amide bonds. The van der Waals surface area contributed by atoms with Crippen LogP contribution in [0.4, 0.5) is 4.39 Å². The molecule has 25 heavy (non-hydrogen) atoms. The van der Waals surface area contributed by atoms with Crippen molar-refractivity contribution in [2.24, 2.45) is 5.41 Å². The topological polar surface area (TPSA) is 53.5 Å². The molecule has 0 aromatic carbocycles. The van der Waals surface area contributed by atoms with Crippen LogP contribution >= 0.6 is 0 Å². The maximum absolute atomic E-state index is 14.5. The first-order valence-electron chi connectivity index (χ1n) is 9.19. The molecule has 0 bridgehead atoms. The lowest BCUT2D eigenvalue weighted by Crippen LogP contribution is -2.56. The SMILES string of the molecule is O=C(N1CCCC2(CCN(Cc3cccnc3)C2=O)C1)C1(F)CCC1. The van der Waals surface area contributed by atoms with Crippen LogP contribution in [0.5, 0.6) is 0 Å². The lowest BCUT2D eigenvalue weighted by Gasteiger charge is -2.43. The Morgan fingerprint density at radius 2 is 2.04 bits per heavy atom. The molecule has 3 heterocycles. The average Bonchev–Trinajstić information content (AvgIpc) is 2.89. The van der Waals surface area contributed by atoms with Gasteiger partial charge in [-0.15, -0.1) is 0 Å². The number of likely N-dealkylation sites (tertiary alicyclic amines) is 2. The van der Waals surface area contributed by atoms with Gasteiger partial charge in [-0.1, -0.05) is 6.07 Å². The van der Waals surface area contributed by atoms with E-state index in [0.29, 0.717) is 39.0 Å². The minimum absolute atomic E-state index is 0.107. The number of aromatic nitrogens is 1. The molecular formula is C19H24FN3O2. The Hall–Kier alpha value is -1.98. The van der Waals surface area contributed by atoms with E-state index in [4.69, 9.17) is 0 Å². The molecule has 1 unspecified atom stereocenters. The van der Waals surface area contributed by atoms with Crippen LogP contribution in [0.3, 0.4) is 0 Å². The summed E-state index contributed by atoms with van der Waals surface area (Å²) in [6.45, 7) is 2.19. The van der Waals surface area contributed by atoms with Crippen LogP contribution in [-0.4, -0.2) is 51.9 Å². The summed E-state index contributed by atoms with van der Waals surface area (Å²) in [5.41, 5.74) is -1.18. The highest BCUT2D eigenvalue weighted by Crippen LogP contribution is 2.43. The minimum atomic E-state index is -1.67. The summed E-state index contributed by atoms with van der Waals surface area (Å²) >= 11 is 0. The molecule has 4 rings (SSSR count). The molecule has 2 aliphatic heterocycles. The maximum atomic E-state index is 14.5. The zero-order chi connectivity index (χ0) is 17.5. The largest absolute Gasteiger partial charge is 0.339 e. The first kappa shape index (κ1) is 16.5. The van der Waals surface area contributed by atoms with E-state index in [0.717, 1.165) is 31.2 Å². The van der Waals surface area contributed by atoms with E-state index in [9.17, 15) is 14.0 Å². The second-order valence-electron chi connectivity index (χ2n) is 7.77. The van der Waals surface area contributed by atoms with E-state index < -0.39 is 17.0 Å². The summed E-state index contributed by atoms with van der Waals surface area (Å²) in [6, 6.07) is 3.83. The highest BCUT2D eigenvalue weighted by molar-refractivity contribution is 5.89. The monoisotopic (exact) mass is 345 g/mol. The Kier molecular flexibility index (Phi) is 4.01. The summed E-state index contributed by atoms with van der Waals surface area (Å²) in [5, 5.41) is 0. The third kappa shape index (κ3) is 2.81. The maximum Gasteiger partial charge on any atom is 0.260 e. The molecule has 3 aliphatic rings. The second kappa shape index (κ2) is 6.07. The molecule has 1 aliphatic carbocycles. The van der Waals surface area contributed by atoms with Gasteiger partial charge >= 0.3 is 0 Å². The number of amides is 2. The Balaban J connectivity index is 1.46. The number of pyridine rings is 1. The van der Waals surface area contributed by atoms with Crippen LogP contribution in [0.2, 0.25) is 0 Å². The molecule has 0 radical (unpaired) electrons. The van der Waals surface area contributed by atoms with Crippen LogP contribution < -0.4 is 0 Å². The predicted molar refractivity (Wildman–Crippen MR) is 90.2 cm³/mol. The molecule has 6 heteroatoms. The molecule has 1 saturated carbocycles. The Morgan fingerprint density at radius 1 is 1.20 bits per heavy atom. The first-order valence-corrected chi connectivity index (χ1v) is 9.19. The van der Waals surface area contributed by atoms with Crippen molar-refractivity contribution < 1.29 is 14.0 Å². The minimum Gasteiger partial charge on any atom is -0.339 e. The van der Waals surface area contributed by atoms with Gasteiger partial charge in [-0.2, -0.15) is 0 Å². The molecule has 2 saturated heterocycles. The Labute approximate surface area is 147 Å². The van der Waals surface area contributed by atoms with Gasteiger partial charge in [0, 0.05) is 38.6 Å². The second-order valence-corrected chi connectivity index (χ2v) is 7.77. The Morgan fingerprint density at radius 3 is 2.72 bits per heavy atom. The van der Waals surface area contributed by atoms with Crippen LogP contribution in [-0.2, 0) is 16.1 Å². The van der Waals surface area contributed by atoms with Crippen molar-refractivity contribution in [3.05, 3.63) is 30.1 Å². The number of hydrogen-bond donors (Lipinski definition) is 0. The van der Waals surface area contributed by atoms with Gasteiger partial charge in [-0.25, -0.2) is 4.39 Å². The highest BCUT2D eigenvalue weighted by atomic mass is 19.1. The van der Waals surface area contributed by atoms with Crippen LogP contribution in [0, 0.1) is 5.41 Å². The molecule has 1 aromatic rings. The molecular weight excluding hydrogens is 321 g/mol. The van der Waals surface area contributed by atoms with Crippen molar-refractivity contribution in [1.29, 1.82) is 0 Å². The highest BCUT2D eigenvalue weighted by Gasteiger charge is 2.53. The number of nitrogens with zero attached hydrogens (tertiary/aromatic N) is 3. The number of piperidine rings is 1. The van der Waals surface area contributed by atoms with E-state index >= 15 is 0 Å². The summed E-state index contributed by atoms with van der Waals surface area (Å²) in [7, 11) is 0. The van der Waals surface area contributed by atoms with Gasteiger partial charge in [-0.05, 0) is 50.2 Å². The quantitative estimate of drug-likeness (QED) is 0.845. The molecule has 5 nitrogen and oxygen atoms in total. The molecule has 1 atom stereocenters. The van der Waals surface area contributed by atoms with Crippen molar-refractivity contribution in [3.63, 3.8) is 0 Å². The van der Waals surface area contributed by atoms with Gasteiger partial charge in [0.1, 0.15) is 0 Å². The number of carbonyl (C=O) groups excluding carboxylic acids is 2. The normalized spacial score (nSPS) is 28.3. The number of alkyl halides is 1. The summed E-state index contributed by atoms with van der Waals surface area (Å²) < 4.78 is 14.5. The van der Waals surface area contributed by atoms with Crippen molar-refractivity contribution in [3.8, 4) is 0 Å². The van der Waals surface area contributed by atoms with E-state index in [2.05, 4.69) is 4.98 Å². The van der Waals surface area contributed by atoms with Crippen LogP contribution in [0.1, 0.15) is 44.1 Å². The summed E-state index contributed by atoms with van der Waals surface area (Å²) in [5.74, 6) is -0.285. The number of halogens is 1. The molecule has 0 N–H and O–H groups in total. The fourth-order valence-electron chi connectivity index (χ4n) is 4.42. The van der Waals surface area contributed by atoms with E-state index in [1.165, 1.54) is 0 Å². The lowest BCUT2D eigenvalue weighted by atomic mass is 9.76. The molecule has 1 aromatic heterocycles. The van der Waals surface area contributed by atoms with Gasteiger partial charge in [-0.3, -0.25) is 14.6 Å². The van der Waals surface area contributed by atoms with Gasteiger partial charge in [0.2, 0.25) is 5.91 Å². The van der Waals surface area contributed by atoms with Crippen molar-refractivity contribution in [2.45, 2.75) is 50.7 Å². The molecule has 1 spiro atoms. The predicted octanol–water partition coefficient (Wildman–Crippen LogP) is 2.31. The fourth-order valence-corrected chi connectivity index (χ4v) is 4.42. The Bertz CT molecular complexity index is 677. The van der Waals surface area contributed by atoms with Gasteiger partial charge in [0.15, 0.2) is 5.67 Å². The first-order chi connectivity index (χ1) is 12.0. The standard InChI is InChI=1S/C19H24FN3O2/c20-19(6-2-7-19)17(25)23-10-3-5-18(14-23)8-11-22(16(18)24)13-15-4-1-9-21-12-15/h1,4,9,12H,2-3,5-8,10-11,13-14H2. The van der Waals surface area contributed by atoms with Gasteiger partial charge in [0.25, 0.3) is 5.91 Å². The van der Waals surface area contributed by atoms with Crippen molar-refractivity contribution >= 4 is 11.8 Å².